The highest BCUT2D eigenvalue weighted by atomic mass is 19.3. The first-order chi connectivity index (χ1) is 16.0. The number of H-pyrrole nitrogens is 1. The highest BCUT2D eigenvalue weighted by Crippen LogP contribution is 2.23. The van der Waals surface area contributed by atoms with Crippen LogP contribution in [0.25, 0.3) is 22.1 Å². The van der Waals surface area contributed by atoms with E-state index in [-0.39, 0.29) is 11.4 Å². The van der Waals surface area contributed by atoms with Crippen LogP contribution in [0.1, 0.15) is 34.2 Å². The molecule has 0 aliphatic rings. The van der Waals surface area contributed by atoms with Crippen LogP contribution in [0, 0.1) is 5.82 Å². The van der Waals surface area contributed by atoms with Gasteiger partial charge in [0.25, 0.3) is 12.3 Å². The van der Waals surface area contributed by atoms with Crippen LogP contribution in [-0.4, -0.2) is 25.4 Å². The van der Waals surface area contributed by atoms with Crippen molar-refractivity contribution in [3.63, 3.8) is 0 Å². The molecule has 1 atom stereocenters. The molecular formula is C24H18F3N5O. The molecular weight excluding hydrogens is 431 g/mol. The third-order valence-corrected chi connectivity index (χ3v) is 5.45. The van der Waals surface area contributed by atoms with Crippen molar-refractivity contribution in [2.24, 2.45) is 0 Å². The van der Waals surface area contributed by atoms with Gasteiger partial charge >= 0.3 is 0 Å². The Labute approximate surface area is 186 Å². The smallest absolute Gasteiger partial charge is 0.295 e. The third kappa shape index (κ3) is 4.17. The number of para-hydroxylation sites is 2. The van der Waals surface area contributed by atoms with Crippen LogP contribution in [0.5, 0.6) is 0 Å². The fourth-order valence-electron chi connectivity index (χ4n) is 3.80. The Balaban J connectivity index is 1.45. The standard InChI is InChI=1S/C24H18F3N5O/c25-16-8-5-14(6-9-16)20(12-32-13-28-18-3-1-2-4-21(18)32)31-24(33)15-7-10-17-19(11-15)30-23(29-17)22(26)27/h1-11,13,20,22H,12H2,(H,29,30)(H,31,33). The first-order valence-electron chi connectivity index (χ1n) is 10.2. The zero-order chi connectivity index (χ0) is 22.9. The molecule has 2 aromatic heterocycles. The normalized spacial score (nSPS) is 12.5. The summed E-state index contributed by atoms with van der Waals surface area (Å²) < 4.78 is 41.3. The number of fused-ring (bicyclic) bond motifs is 2. The Bertz CT molecular complexity index is 1440. The lowest BCUT2D eigenvalue weighted by Gasteiger charge is -2.20. The van der Waals surface area contributed by atoms with Gasteiger partial charge in [-0.2, -0.15) is 0 Å². The summed E-state index contributed by atoms with van der Waals surface area (Å²) in [5.74, 6) is -1.22. The minimum Gasteiger partial charge on any atom is -0.343 e. The van der Waals surface area contributed by atoms with Crippen LogP contribution in [0.3, 0.4) is 0 Å². The number of halogens is 3. The van der Waals surface area contributed by atoms with E-state index in [2.05, 4.69) is 20.3 Å². The minimum atomic E-state index is -2.73. The molecule has 2 heterocycles. The van der Waals surface area contributed by atoms with Gasteiger partial charge in [0.2, 0.25) is 0 Å². The average molecular weight is 449 g/mol. The van der Waals surface area contributed by atoms with Crippen molar-refractivity contribution in [2.75, 3.05) is 0 Å². The summed E-state index contributed by atoms with van der Waals surface area (Å²) in [5, 5.41) is 2.97. The number of imidazole rings is 2. The van der Waals surface area contributed by atoms with E-state index in [4.69, 9.17) is 0 Å². The number of carbonyl (C=O) groups excluding carboxylic acids is 1. The molecule has 0 aliphatic heterocycles. The van der Waals surface area contributed by atoms with E-state index in [1.165, 1.54) is 30.3 Å². The number of aromatic amines is 1. The van der Waals surface area contributed by atoms with Gasteiger partial charge in [-0.05, 0) is 48.0 Å². The Morgan fingerprint density at radius 3 is 2.61 bits per heavy atom. The molecule has 0 saturated heterocycles. The molecule has 5 aromatic rings. The number of nitrogens with one attached hydrogen (secondary N) is 2. The van der Waals surface area contributed by atoms with Crippen LogP contribution in [-0.2, 0) is 6.54 Å². The molecule has 0 spiro atoms. The van der Waals surface area contributed by atoms with Crippen molar-refractivity contribution in [1.29, 1.82) is 0 Å². The van der Waals surface area contributed by atoms with Gasteiger partial charge in [0, 0.05) is 12.1 Å². The lowest BCUT2D eigenvalue weighted by Crippen LogP contribution is -2.31. The lowest BCUT2D eigenvalue weighted by atomic mass is 10.1. The first-order valence-corrected chi connectivity index (χ1v) is 10.2. The Morgan fingerprint density at radius 1 is 1.03 bits per heavy atom. The first kappa shape index (κ1) is 20.7. The highest BCUT2D eigenvalue weighted by molar-refractivity contribution is 5.97. The van der Waals surface area contributed by atoms with Gasteiger partial charge in [0.1, 0.15) is 5.82 Å². The average Bonchev–Trinajstić information content (AvgIpc) is 3.43. The summed E-state index contributed by atoms with van der Waals surface area (Å²) in [6.07, 6.45) is -1.04. The number of amides is 1. The van der Waals surface area contributed by atoms with Crippen molar-refractivity contribution in [1.82, 2.24) is 24.8 Å². The second kappa shape index (κ2) is 8.42. The predicted octanol–water partition coefficient (Wildman–Crippen LogP) is 5.16. The molecule has 3 aromatic carbocycles. The van der Waals surface area contributed by atoms with Crippen molar-refractivity contribution in [2.45, 2.75) is 19.0 Å². The highest BCUT2D eigenvalue weighted by Gasteiger charge is 2.19. The van der Waals surface area contributed by atoms with Crippen LogP contribution in [0.2, 0.25) is 0 Å². The molecule has 6 nitrogen and oxygen atoms in total. The predicted molar refractivity (Wildman–Crippen MR) is 117 cm³/mol. The molecule has 5 rings (SSSR count). The fraction of sp³-hybridized carbons (Fsp3) is 0.125. The summed E-state index contributed by atoms with van der Waals surface area (Å²) in [4.78, 5) is 23.8. The van der Waals surface area contributed by atoms with E-state index >= 15 is 0 Å². The summed E-state index contributed by atoms with van der Waals surface area (Å²) >= 11 is 0. The van der Waals surface area contributed by atoms with Crippen molar-refractivity contribution < 1.29 is 18.0 Å². The zero-order valence-electron chi connectivity index (χ0n) is 17.2. The van der Waals surface area contributed by atoms with Gasteiger partial charge in [-0.25, -0.2) is 23.1 Å². The van der Waals surface area contributed by atoms with E-state index < -0.39 is 24.2 Å². The summed E-state index contributed by atoms with van der Waals surface area (Å²) in [6.45, 7) is 0.361. The van der Waals surface area contributed by atoms with E-state index in [1.807, 2.05) is 28.8 Å². The fourth-order valence-corrected chi connectivity index (χ4v) is 3.80. The van der Waals surface area contributed by atoms with Gasteiger partial charge < -0.3 is 14.9 Å². The maximum Gasteiger partial charge on any atom is 0.295 e. The second-order valence-corrected chi connectivity index (χ2v) is 7.62. The van der Waals surface area contributed by atoms with Crippen LogP contribution in [0.15, 0.2) is 73.1 Å². The molecule has 166 valence electrons. The Hall–Kier alpha value is -4.14. The summed E-state index contributed by atoms with van der Waals surface area (Å²) in [5.41, 5.74) is 3.41. The van der Waals surface area contributed by atoms with Crippen molar-refractivity contribution >= 4 is 28.0 Å². The lowest BCUT2D eigenvalue weighted by molar-refractivity contribution is 0.0933. The number of nitrogens with zero attached hydrogens (tertiary/aromatic N) is 3. The van der Waals surface area contributed by atoms with E-state index in [0.717, 1.165) is 11.0 Å². The van der Waals surface area contributed by atoms with Gasteiger partial charge in [0.15, 0.2) is 5.82 Å². The Morgan fingerprint density at radius 2 is 1.82 bits per heavy atom. The maximum atomic E-state index is 13.5. The minimum absolute atomic E-state index is 0.287. The van der Waals surface area contributed by atoms with E-state index in [9.17, 15) is 18.0 Å². The van der Waals surface area contributed by atoms with Gasteiger partial charge in [0.05, 0.1) is 34.4 Å². The van der Waals surface area contributed by atoms with E-state index in [0.29, 0.717) is 23.1 Å². The molecule has 0 saturated carbocycles. The molecule has 0 bridgehead atoms. The van der Waals surface area contributed by atoms with Crippen LogP contribution < -0.4 is 5.32 Å². The monoisotopic (exact) mass is 449 g/mol. The summed E-state index contributed by atoms with van der Waals surface area (Å²) in [6, 6.07) is 17.6. The molecule has 0 radical (unpaired) electrons. The molecule has 9 heteroatoms. The van der Waals surface area contributed by atoms with E-state index in [1.54, 1.807) is 18.5 Å². The zero-order valence-corrected chi connectivity index (χ0v) is 17.2. The quantitative estimate of drug-likeness (QED) is 0.376. The van der Waals surface area contributed by atoms with Crippen LogP contribution >= 0.6 is 0 Å². The summed E-state index contributed by atoms with van der Waals surface area (Å²) in [7, 11) is 0. The van der Waals surface area contributed by atoms with Gasteiger partial charge in [-0.1, -0.05) is 24.3 Å². The van der Waals surface area contributed by atoms with Gasteiger partial charge in [-0.15, -0.1) is 0 Å². The van der Waals surface area contributed by atoms with Crippen molar-refractivity contribution in [3.8, 4) is 0 Å². The molecule has 0 aliphatic carbocycles. The second-order valence-electron chi connectivity index (χ2n) is 7.62. The molecule has 1 unspecified atom stereocenters. The van der Waals surface area contributed by atoms with Gasteiger partial charge in [-0.3, -0.25) is 4.79 Å². The third-order valence-electron chi connectivity index (χ3n) is 5.45. The molecule has 2 N–H and O–H groups in total. The molecule has 0 fully saturated rings. The molecule has 1 amide bonds. The largest absolute Gasteiger partial charge is 0.343 e. The Kier molecular flexibility index (Phi) is 5.29. The number of hydrogen-bond acceptors (Lipinski definition) is 3. The SMILES string of the molecule is O=C(NC(Cn1cnc2ccccc21)c1ccc(F)cc1)c1ccc2nc(C(F)F)[nH]c2c1. The number of hydrogen-bond donors (Lipinski definition) is 2. The number of benzene rings is 3. The molecule has 33 heavy (non-hydrogen) atoms. The number of rotatable bonds is 6. The van der Waals surface area contributed by atoms with Crippen molar-refractivity contribution in [3.05, 3.63) is 95.8 Å². The number of aromatic nitrogens is 4. The number of alkyl halides is 2. The van der Waals surface area contributed by atoms with Crippen LogP contribution in [0.4, 0.5) is 13.2 Å². The topological polar surface area (TPSA) is 75.6 Å². The maximum absolute atomic E-state index is 13.5. The number of carbonyl (C=O) groups is 1.